The molecule has 1 unspecified atom stereocenters. The Labute approximate surface area is 80.5 Å². The number of hydrogen-bond acceptors (Lipinski definition) is 1. The number of thioether (sulfide) groups is 1. The molecule has 3 aliphatic carbocycles. The summed E-state index contributed by atoms with van der Waals surface area (Å²) in [5, 5.41) is 1.87. The zero-order valence-corrected chi connectivity index (χ0v) is 9.07. The second kappa shape index (κ2) is 3.61. The summed E-state index contributed by atoms with van der Waals surface area (Å²) in [6.45, 7) is 4.68. The second-order valence-electron chi connectivity index (χ2n) is 4.74. The van der Waals surface area contributed by atoms with Gasteiger partial charge < -0.3 is 0 Å². The number of fused-ring (bicyclic) bond motifs is 3. The van der Waals surface area contributed by atoms with Crippen LogP contribution in [-0.2, 0) is 0 Å². The maximum Gasteiger partial charge on any atom is 0.00805 e. The van der Waals surface area contributed by atoms with Gasteiger partial charge in [-0.3, -0.25) is 0 Å². The van der Waals surface area contributed by atoms with Crippen molar-refractivity contribution >= 4 is 11.8 Å². The largest absolute Gasteiger partial charge is 0.155 e. The average Bonchev–Trinajstić information content (AvgIpc) is 2.05. The summed E-state index contributed by atoms with van der Waals surface area (Å²) in [5.74, 6) is 2.19. The predicted octanol–water partition coefficient (Wildman–Crippen LogP) is 3.71. The quantitative estimate of drug-likeness (QED) is 0.630. The fourth-order valence-corrected chi connectivity index (χ4v) is 4.41. The van der Waals surface area contributed by atoms with Crippen LogP contribution in [0, 0.1) is 11.8 Å². The Balaban J connectivity index is 1.91. The van der Waals surface area contributed by atoms with Crippen molar-refractivity contribution in [2.75, 3.05) is 0 Å². The van der Waals surface area contributed by atoms with Crippen molar-refractivity contribution in [1.82, 2.24) is 0 Å². The highest BCUT2D eigenvalue weighted by Crippen LogP contribution is 2.46. The van der Waals surface area contributed by atoms with Gasteiger partial charge in [0.15, 0.2) is 0 Å². The predicted molar refractivity (Wildman–Crippen MR) is 56.6 cm³/mol. The lowest BCUT2D eigenvalue weighted by molar-refractivity contribution is 0.184. The van der Waals surface area contributed by atoms with E-state index in [0.717, 1.165) is 22.3 Å². The molecule has 1 heteroatoms. The van der Waals surface area contributed by atoms with Gasteiger partial charge in [-0.15, -0.1) is 0 Å². The van der Waals surface area contributed by atoms with Crippen LogP contribution in [0.15, 0.2) is 0 Å². The molecule has 1 atom stereocenters. The van der Waals surface area contributed by atoms with E-state index < -0.39 is 0 Å². The second-order valence-corrected chi connectivity index (χ2v) is 6.56. The van der Waals surface area contributed by atoms with Gasteiger partial charge in [0.2, 0.25) is 0 Å². The molecule has 12 heavy (non-hydrogen) atoms. The summed E-state index contributed by atoms with van der Waals surface area (Å²) in [6.07, 6.45) is 7.69. The molecule has 3 aliphatic rings. The van der Waals surface area contributed by atoms with Crippen LogP contribution < -0.4 is 0 Å². The minimum atomic E-state index is 0.842. The molecule has 0 aliphatic heterocycles. The summed E-state index contributed by atoms with van der Waals surface area (Å²) >= 11 is 2.24. The molecular formula is C11H20S. The maximum atomic E-state index is 2.34. The van der Waals surface area contributed by atoms with Crippen LogP contribution in [0.1, 0.15) is 46.0 Å². The molecule has 0 radical (unpaired) electrons. The van der Waals surface area contributed by atoms with Crippen molar-refractivity contribution in [3.63, 3.8) is 0 Å². The van der Waals surface area contributed by atoms with Crippen LogP contribution in [0.3, 0.4) is 0 Å². The third-order valence-electron chi connectivity index (χ3n) is 3.43. The Morgan fingerprint density at radius 2 is 1.75 bits per heavy atom. The Hall–Kier alpha value is 0.350. The van der Waals surface area contributed by atoms with Gasteiger partial charge >= 0.3 is 0 Å². The highest BCUT2D eigenvalue weighted by atomic mass is 32.2. The van der Waals surface area contributed by atoms with Gasteiger partial charge in [-0.1, -0.05) is 26.7 Å². The average molecular weight is 184 g/mol. The number of rotatable bonds is 2. The first-order valence-electron chi connectivity index (χ1n) is 5.41. The Morgan fingerprint density at radius 1 is 1.08 bits per heavy atom. The van der Waals surface area contributed by atoms with Gasteiger partial charge in [0.1, 0.15) is 0 Å². The van der Waals surface area contributed by atoms with Crippen LogP contribution in [0.25, 0.3) is 0 Å². The molecule has 0 aromatic heterocycles. The zero-order chi connectivity index (χ0) is 8.55. The van der Waals surface area contributed by atoms with Crippen LogP contribution in [0.4, 0.5) is 0 Å². The van der Waals surface area contributed by atoms with Crippen LogP contribution >= 0.6 is 11.8 Å². The SMILES string of the molecule is CC(C)SC1CC2CCC1CC2. The third kappa shape index (κ3) is 1.81. The molecular weight excluding hydrogens is 164 g/mol. The van der Waals surface area contributed by atoms with Crippen LogP contribution in [-0.4, -0.2) is 10.5 Å². The van der Waals surface area contributed by atoms with E-state index in [2.05, 4.69) is 25.6 Å². The Kier molecular flexibility index (Phi) is 2.69. The number of hydrogen-bond donors (Lipinski definition) is 0. The van der Waals surface area contributed by atoms with E-state index in [4.69, 9.17) is 0 Å². The smallest absolute Gasteiger partial charge is 0.00805 e. The molecule has 0 spiro atoms. The molecule has 2 bridgehead atoms. The first-order valence-corrected chi connectivity index (χ1v) is 6.35. The summed E-state index contributed by atoms with van der Waals surface area (Å²) < 4.78 is 0. The van der Waals surface area contributed by atoms with Gasteiger partial charge in [-0.05, 0) is 36.3 Å². The minimum Gasteiger partial charge on any atom is -0.155 e. The topological polar surface area (TPSA) is 0 Å². The molecule has 3 fully saturated rings. The van der Waals surface area contributed by atoms with Gasteiger partial charge in [-0.25, -0.2) is 0 Å². The first-order chi connectivity index (χ1) is 5.75. The van der Waals surface area contributed by atoms with Crippen molar-refractivity contribution < 1.29 is 0 Å². The molecule has 0 N–H and O–H groups in total. The lowest BCUT2D eigenvalue weighted by Crippen LogP contribution is -2.33. The highest BCUT2D eigenvalue weighted by Gasteiger charge is 2.35. The lowest BCUT2D eigenvalue weighted by Gasteiger charge is -2.42. The lowest BCUT2D eigenvalue weighted by atomic mass is 9.70. The molecule has 0 aromatic carbocycles. The molecule has 0 saturated heterocycles. The van der Waals surface area contributed by atoms with Gasteiger partial charge in [0.25, 0.3) is 0 Å². The van der Waals surface area contributed by atoms with Crippen molar-refractivity contribution in [1.29, 1.82) is 0 Å². The molecule has 3 rings (SSSR count). The molecule has 0 nitrogen and oxygen atoms in total. The minimum absolute atomic E-state index is 0.842. The zero-order valence-electron chi connectivity index (χ0n) is 8.25. The fraction of sp³-hybridized carbons (Fsp3) is 1.00. The van der Waals surface area contributed by atoms with Gasteiger partial charge in [0, 0.05) is 5.25 Å². The third-order valence-corrected chi connectivity index (χ3v) is 4.90. The molecule has 3 saturated carbocycles. The molecule has 70 valence electrons. The fourth-order valence-electron chi connectivity index (χ4n) is 2.83. The molecule has 0 amide bonds. The van der Waals surface area contributed by atoms with E-state index in [-0.39, 0.29) is 0 Å². The summed E-state index contributed by atoms with van der Waals surface area (Å²) in [5.41, 5.74) is 0. The van der Waals surface area contributed by atoms with E-state index in [9.17, 15) is 0 Å². The highest BCUT2D eigenvalue weighted by molar-refractivity contribution is 8.00. The summed E-state index contributed by atoms with van der Waals surface area (Å²) in [7, 11) is 0. The Morgan fingerprint density at radius 3 is 2.17 bits per heavy atom. The Bertz CT molecular complexity index is 143. The van der Waals surface area contributed by atoms with Crippen molar-refractivity contribution in [2.45, 2.75) is 56.5 Å². The van der Waals surface area contributed by atoms with E-state index in [1.165, 1.54) is 19.3 Å². The van der Waals surface area contributed by atoms with Crippen LogP contribution in [0.5, 0.6) is 0 Å². The van der Waals surface area contributed by atoms with E-state index in [1.807, 2.05) is 0 Å². The van der Waals surface area contributed by atoms with E-state index in [0.29, 0.717) is 0 Å². The van der Waals surface area contributed by atoms with Crippen molar-refractivity contribution in [3.8, 4) is 0 Å². The van der Waals surface area contributed by atoms with Crippen LogP contribution in [0.2, 0.25) is 0 Å². The first kappa shape index (κ1) is 8.93. The normalized spacial score (nSPS) is 40.8. The molecule has 0 heterocycles. The van der Waals surface area contributed by atoms with Crippen molar-refractivity contribution in [2.24, 2.45) is 11.8 Å². The van der Waals surface area contributed by atoms with E-state index in [1.54, 1.807) is 12.8 Å². The summed E-state index contributed by atoms with van der Waals surface area (Å²) in [4.78, 5) is 0. The molecule has 0 aromatic rings. The van der Waals surface area contributed by atoms with Gasteiger partial charge in [0.05, 0.1) is 0 Å². The van der Waals surface area contributed by atoms with Gasteiger partial charge in [-0.2, -0.15) is 11.8 Å². The van der Waals surface area contributed by atoms with E-state index >= 15 is 0 Å². The summed E-state index contributed by atoms with van der Waals surface area (Å²) in [6, 6.07) is 0. The van der Waals surface area contributed by atoms with Crippen molar-refractivity contribution in [3.05, 3.63) is 0 Å². The standard InChI is InChI=1S/C11H20S/c1-8(2)12-11-7-9-3-5-10(11)6-4-9/h8-11H,3-7H2,1-2H3. The monoisotopic (exact) mass is 184 g/mol. The maximum absolute atomic E-state index is 2.34.